The van der Waals surface area contributed by atoms with E-state index in [0.717, 1.165) is 17.5 Å². The van der Waals surface area contributed by atoms with Crippen LogP contribution in [0.1, 0.15) is 50.2 Å². The molecule has 1 aromatic carbocycles. The number of hydrogen-bond acceptors (Lipinski definition) is 5. The molecule has 7 nitrogen and oxygen atoms in total. The zero-order valence-corrected chi connectivity index (χ0v) is 19.5. The molecule has 180 valence electrons. The first-order chi connectivity index (χ1) is 15.9. The number of nitrogens with zero attached hydrogens (tertiary/aromatic N) is 1. The lowest BCUT2D eigenvalue weighted by atomic mass is 9.92. The van der Waals surface area contributed by atoms with Crippen molar-refractivity contribution in [1.82, 2.24) is 10.2 Å². The Bertz CT molecular complexity index is 838. The zero-order chi connectivity index (χ0) is 24.2. The molecule has 0 bridgehead atoms. The van der Waals surface area contributed by atoms with Crippen molar-refractivity contribution >= 4 is 17.8 Å². The van der Waals surface area contributed by atoms with E-state index in [0.29, 0.717) is 32.2 Å². The molecule has 1 aliphatic heterocycles. The Balaban J connectivity index is 1.91. The normalized spacial score (nSPS) is 16.8. The average Bonchev–Trinajstić information content (AvgIpc) is 2.81. The quantitative estimate of drug-likeness (QED) is 0.270. The second kappa shape index (κ2) is 13.6. The van der Waals surface area contributed by atoms with E-state index < -0.39 is 12.0 Å². The van der Waals surface area contributed by atoms with Crippen LogP contribution in [0.4, 0.5) is 0 Å². The number of fused-ring (bicyclic) bond motifs is 1. The third kappa shape index (κ3) is 8.17. The van der Waals surface area contributed by atoms with Gasteiger partial charge in [-0.15, -0.1) is 13.2 Å². The van der Waals surface area contributed by atoms with Gasteiger partial charge in [0.25, 0.3) is 0 Å². The van der Waals surface area contributed by atoms with Gasteiger partial charge in [-0.2, -0.15) is 0 Å². The number of carbonyl (C=O) groups excluding carboxylic acids is 3. The van der Waals surface area contributed by atoms with Crippen molar-refractivity contribution in [2.75, 3.05) is 13.2 Å². The number of carbonyl (C=O) groups is 3. The van der Waals surface area contributed by atoms with Gasteiger partial charge in [0.05, 0.1) is 25.1 Å². The average molecular weight is 457 g/mol. The Labute approximate surface area is 196 Å². The first-order valence-electron chi connectivity index (χ1n) is 11.6. The van der Waals surface area contributed by atoms with Crippen molar-refractivity contribution in [3.63, 3.8) is 0 Å². The van der Waals surface area contributed by atoms with Gasteiger partial charge in [-0.3, -0.25) is 14.4 Å². The van der Waals surface area contributed by atoms with Crippen LogP contribution in [-0.4, -0.2) is 53.1 Å². The predicted octanol–water partition coefficient (Wildman–Crippen LogP) is 2.92. The zero-order valence-electron chi connectivity index (χ0n) is 19.5. The first kappa shape index (κ1) is 26.3. The highest BCUT2D eigenvalue weighted by Gasteiger charge is 2.31. The summed E-state index contributed by atoms with van der Waals surface area (Å²) in [5, 5.41) is 12.6. The van der Waals surface area contributed by atoms with E-state index in [9.17, 15) is 19.5 Å². The molecule has 33 heavy (non-hydrogen) atoms. The molecular weight excluding hydrogens is 420 g/mol. The molecule has 2 amide bonds. The van der Waals surface area contributed by atoms with E-state index in [2.05, 4.69) is 18.5 Å². The molecular formula is C26H36N2O5. The molecule has 2 N–H and O–H groups in total. The largest absolute Gasteiger partial charge is 0.461 e. The number of ether oxygens (including phenoxy) is 1. The lowest BCUT2D eigenvalue weighted by Crippen LogP contribution is -2.47. The van der Waals surface area contributed by atoms with Crippen LogP contribution in [0.15, 0.2) is 49.6 Å². The van der Waals surface area contributed by atoms with Gasteiger partial charge in [0.2, 0.25) is 11.8 Å². The highest BCUT2D eigenvalue weighted by Crippen LogP contribution is 2.25. The Hall–Kier alpha value is -2.93. The number of benzene rings is 1. The summed E-state index contributed by atoms with van der Waals surface area (Å²) in [7, 11) is 0. The molecule has 0 aromatic heterocycles. The number of esters is 1. The molecule has 3 atom stereocenters. The minimum absolute atomic E-state index is 0.0201. The van der Waals surface area contributed by atoms with Crippen molar-refractivity contribution in [3.05, 3.63) is 60.7 Å². The molecule has 0 unspecified atom stereocenters. The van der Waals surface area contributed by atoms with Gasteiger partial charge in [-0.1, -0.05) is 36.4 Å². The maximum absolute atomic E-state index is 13.1. The molecule has 0 fully saturated rings. The summed E-state index contributed by atoms with van der Waals surface area (Å²) in [6.07, 6.45) is 5.60. The molecule has 7 heteroatoms. The molecule has 0 spiro atoms. The smallest absolute Gasteiger partial charge is 0.306 e. The summed E-state index contributed by atoms with van der Waals surface area (Å²) < 4.78 is 5.31. The highest BCUT2D eigenvalue weighted by molar-refractivity contribution is 5.86. The summed E-state index contributed by atoms with van der Waals surface area (Å²) >= 11 is 0. The van der Waals surface area contributed by atoms with Crippen LogP contribution in [-0.2, 0) is 32.1 Å². The van der Waals surface area contributed by atoms with Gasteiger partial charge in [-0.25, -0.2) is 0 Å². The van der Waals surface area contributed by atoms with E-state index in [-0.39, 0.29) is 43.4 Å². The standard InChI is InChI=1S/C26H36N2O5/c1-4-6-7-13-25(31)33-19(3)16-27-26(32)21(10-5-2)15-24(30)28-17-22-12-9-8-11-20(22)14-23(28)18-29/h4-5,8-9,11-12,19,21,23,29H,1-2,6-7,10,13-18H2,3H3,(H,27,32)/t19-,21+,23-/m0/s1. The molecule has 0 radical (unpaired) electrons. The Morgan fingerprint density at radius 3 is 2.64 bits per heavy atom. The maximum Gasteiger partial charge on any atom is 0.306 e. The monoisotopic (exact) mass is 456 g/mol. The first-order valence-corrected chi connectivity index (χ1v) is 11.6. The van der Waals surface area contributed by atoms with Gasteiger partial charge in [0, 0.05) is 19.4 Å². The van der Waals surface area contributed by atoms with Crippen LogP contribution >= 0.6 is 0 Å². The molecule has 1 heterocycles. The van der Waals surface area contributed by atoms with E-state index in [1.54, 1.807) is 24.0 Å². The molecule has 1 aliphatic rings. The Kier molecular flexibility index (Phi) is 10.8. The van der Waals surface area contributed by atoms with Crippen molar-refractivity contribution in [2.45, 2.75) is 64.1 Å². The third-order valence-electron chi connectivity index (χ3n) is 5.82. The van der Waals surface area contributed by atoms with Gasteiger partial charge >= 0.3 is 5.97 Å². The van der Waals surface area contributed by atoms with Crippen molar-refractivity contribution in [2.24, 2.45) is 5.92 Å². The number of rotatable bonds is 13. The van der Waals surface area contributed by atoms with Gasteiger partial charge in [0.15, 0.2) is 0 Å². The third-order valence-corrected chi connectivity index (χ3v) is 5.82. The topological polar surface area (TPSA) is 95.9 Å². The van der Waals surface area contributed by atoms with Crippen molar-refractivity contribution < 1.29 is 24.2 Å². The van der Waals surface area contributed by atoms with E-state index >= 15 is 0 Å². The summed E-state index contributed by atoms with van der Waals surface area (Å²) in [4.78, 5) is 39.4. The number of allylic oxidation sites excluding steroid dienone is 2. The molecule has 0 saturated heterocycles. The molecule has 1 aromatic rings. The maximum atomic E-state index is 13.1. The van der Waals surface area contributed by atoms with E-state index in [4.69, 9.17) is 4.74 Å². The van der Waals surface area contributed by atoms with Crippen LogP contribution < -0.4 is 5.32 Å². The van der Waals surface area contributed by atoms with Crippen LogP contribution in [0, 0.1) is 5.92 Å². The van der Waals surface area contributed by atoms with Crippen LogP contribution in [0.5, 0.6) is 0 Å². The van der Waals surface area contributed by atoms with E-state index in [1.165, 1.54) is 0 Å². The summed E-state index contributed by atoms with van der Waals surface area (Å²) in [6.45, 7) is 9.51. The Morgan fingerprint density at radius 2 is 1.97 bits per heavy atom. The minimum atomic E-state index is -0.581. The van der Waals surface area contributed by atoms with E-state index in [1.807, 2.05) is 24.3 Å². The second-order valence-electron chi connectivity index (χ2n) is 8.48. The lowest BCUT2D eigenvalue weighted by molar-refractivity contribution is -0.148. The number of aliphatic hydroxyl groups excluding tert-OH is 1. The van der Waals surface area contributed by atoms with Gasteiger partial charge in [-0.05, 0) is 43.7 Å². The second-order valence-corrected chi connectivity index (χ2v) is 8.48. The number of amides is 2. The number of hydrogen-bond donors (Lipinski definition) is 2. The van der Waals surface area contributed by atoms with Crippen molar-refractivity contribution in [3.8, 4) is 0 Å². The summed E-state index contributed by atoms with van der Waals surface area (Å²) in [5.74, 6) is -1.35. The fraction of sp³-hybridized carbons (Fsp3) is 0.500. The van der Waals surface area contributed by atoms with Gasteiger partial charge < -0.3 is 20.1 Å². The number of unbranched alkanes of at least 4 members (excludes halogenated alkanes) is 1. The molecule has 2 rings (SSSR count). The predicted molar refractivity (Wildman–Crippen MR) is 127 cm³/mol. The van der Waals surface area contributed by atoms with Crippen LogP contribution in [0.25, 0.3) is 0 Å². The minimum Gasteiger partial charge on any atom is -0.461 e. The Morgan fingerprint density at radius 1 is 1.24 bits per heavy atom. The number of nitrogens with one attached hydrogen (secondary N) is 1. The van der Waals surface area contributed by atoms with Crippen LogP contribution in [0.2, 0.25) is 0 Å². The van der Waals surface area contributed by atoms with Crippen LogP contribution in [0.3, 0.4) is 0 Å². The molecule has 0 aliphatic carbocycles. The summed E-state index contributed by atoms with van der Waals surface area (Å²) in [6, 6.07) is 7.58. The SMILES string of the molecule is C=CCCCC(=O)O[C@@H](C)CNC(=O)[C@H](CC=C)CC(=O)N1Cc2ccccc2C[C@H]1CO. The number of aliphatic hydroxyl groups is 1. The lowest BCUT2D eigenvalue weighted by Gasteiger charge is -2.36. The fourth-order valence-corrected chi connectivity index (χ4v) is 3.96. The highest BCUT2D eigenvalue weighted by atomic mass is 16.5. The fourth-order valence-electron chi connectivity index (χ4n) is 3.96. The molecule has 0 saturated carbocycles. The van der Waals surface area contributed by atoms with Gasteiger partial charge in [0.1, 0.15) is 6.10 Å². The summed E-state index contributed by atoms with van der Waals surface area (Å²) in [5.41, 5.74) is 2.19. The van der Waals surface area contributed by atoms with Crippen molar-refractivity contribution in [1.29, 1.82) is 0 Å².